The minimum absolute atomic E-state index is 0.246. The van der Waals surface area contributed by atoms with Crippen LogP contribution in [-0.2, 0) is 6.42 Å². The maximum Gasteiger partial charge on any atom is 0.332 e. The minimum Gasteiger partial charge on any atom is -0.455 e. The highest BCUT2D eigenvalue weighted by molar-refractivity contribution is 9.10. The molecule has 3 rings (SSSR count). The van der Waals surface area contributed by atoms with E-state index in [4.69, 9.17) is 10.2 Å². The van der Waals surface area contributed by atoms with Gasteiger partial charge in [0, 0.05) is 22.0 Å². The zero-order chi connectivity index (χ0) is 18.8. The van der Waals surface area contributed by atoms with Gasteiger partial charge in [-0.25, -0.2) is 10.2 Å². The van der Waals surface area contributed by atoms with Gasteiger partial charge in [0.2, 0.25) is 0 Å². The number of halogens is 1. The molecular formula is C18H19BrN4O3. The quantitative estimate of drug-likeness (QED) is 0.661. The second-order valence-electron chi connectivity index (χ2n) is 6.18. The Labute approximate surface area is 159 Å². The Morgan fingerprint density at radius 2 is 2.04 bits per heavy atom. The largest absolute Gasteiger partial charge is 0.455 e. The van der Waals surface area contributed by atoms with E-state index < -0.39 is 6.03 Å². The number of urea groups is 1. The number of nitrogens with zero attached hydrogens (tertiary/aromatic N) is 1. The van der Waals surface area contributed by atoms with Gasteiger partial charge in [0.1, 0.15) is 5.76 Å². The highest BCUT2D eigenvalue weighted by Crippen LogP contribution is 2.31. The summed E-state index contributed by atoms with van der Waals surface area (Å²) >= 11 is 3.45. The fourth-order valence-corrected chi connectivity index (χ4v) is 3.61. The molecule has 1 aliphatic carbocycles. The van der Waals surface area contributed by atoms with Gasteiger partial charge in [-0.15, -0.1) is 0 Å². The number of rotatable bonds is 3. The number of hydrogen-bond acceptors (Lipinski definition) is 4. The molecule has 0 saturated carbocycles. The average molecular weight is 419 g/mol. The number of aryl methyl sites for hydroxylation is 2. The van der Waals surface area contributed by atoms with Crippen molar-refractivity contribution in [1.29, 1.82) is 0 Å². The smallest absolute Gasteiger partial charge is 0.332 e. The SMILES string of the molecule is Cc1ccc(NC(=O)c2oc3c(c2C)/C(=N/NC(N)=O)CCC3)c(Br)c1. The minimum atomic E-state index is -0.729. The van der Waals surface area contributed by atoms with Gasteiger partial charge in [0.15, 0.2) is 5.76 Å². The fraction of sp³-hybridized carbons (Fsp3) is 0.278. The van der Waals surface area contributed by atoms with E-state index in [1.54, 1.807) is 0 Å². The van der Waals surface area contributed by atoms with Crippen LogP contribution < -0.4 is 16.5 Å². The first-order valence-corrected chi connectivity index (χ1v) is 8.98. The number of amides is 3. The van der Waals surface area contributed by atoms with E-state index in [0.717, 1.165) is 22.0 Å². The van der Waals surface area contributed by atoms with Crippen molar-refractivity contribution in [1.82, 2.24) is 5.43 Å². The maximum absolute atomic E-state index is 12.7. The monoisotopic (exact) mass is 418 g/mol. The van der Waals surface area contributed by atoms with Crippen LogP contribution in [0.3, 0.4) is 0 Å². The molecule has 0 aliphatic heterocycles. The Balaban J connectivity index is 1.91. The predicted octanol–water partition coefficient (Wildman–Crippen LogP) is 3.62. The number of benzene rings is 1. The molecule has 4 N–H and O–H groups in total. The van der Waals surface area contributed by atoms with Gasteiger partial charge in [-0.05, 0) is 60.3 Å². The van der Waals surface area contributed by atoms with Gasteiger partial charge in [-0.2, -0.15) is 5.10 Å². The van der Waals surface area contributed by atoms with Gasteiger partial charge in [0.05, 0.1) is 11.4 Å². The number of fused-ring (bicyclic) bond motifs is 1. The number of anilines is 1. The van der Waals surface area contributed by atoms with Gasteiger partial charge < -0.3 is 15.5 Å². The Kier molecular flexibility index (Phi) is 5.13. The van der Waals surface area contributed by atoms with Crippen molar-refractivity contribution >= 4 is 39.3 Å². The topological polar surface area (TPSA) is 110 Å². The molecule has 0 unspecified atom stereocenters. The van der Waals surface area contributed by atoms with Crippen LogP contribution in [0.2, 0.25) is 0 Å². The van der Waals surface area contributed by atoms with E-state index in [0.29, 0.717) is 35.6 Å². The van der Waals surface area contributed by atoms with Gasteiger partial charge in [-0.3, -0.25) is 4.79 Å². The number of nitrogens with two attached hydrogens (primary N) is 1. The predicted molar refractivity (Wildman–Crippen MR) is 102 cm³/mol. The maximum atomic E-state index is 12.7. The third kappa shape index (κ3) is 3.65. The van der Waals surface area contributed by atoms with E-state index in [2.05, 4.69) is 31.8 Å². The van der Waals surface area contributed by atoms with Crippen molar-refractivity contribution in [3.05, 3.63) is 50.9 Å². The van der Waals surface area contributed by atoms with Gasteiger partial charge in [-0.1, -0.05) is 6.07 Å². The van der Waals surface area contributed by atoms with Crippen molar-refractivity contribution in [2.24, 2.45) is 10.8 Å². The van der Waals surface area contributed by atoms with Crippen LogP contribution in [0.1, 0.15) is 45.8 Å². The molecule has 0 spiro atoms. The van der Waals surface area contributed by atoms with Crippen LogP contribution >= 0.6 is 15.9 Å². The fourth-order valence-electron chi connectivity index (χ4n) is 3.02. The summed E-state index contributed by atoms with van der Waals surface area (Å²) in [5.41, 5.74) is 11.2. The Hall–Kier alpha value is -2.61. The third-order valence-corrected chi connectivity index (χ3v) is 4.86. The van der Waals surface area contributed by atoms with Crippen LogP contribution in [0.5, 0.6) is 0 Å². The van der Waals surface area contributed by atoms with E-state index in [-0.39, 0.29) is 11.7 Å². The summed E-state index contributed by atoms with van der Waals surface area (Å²) in [7, 11) is 0. The van der Waals surface area contributed by atoms with Crippen LogP contribution in [0.25, 0.3) is 0 Å². The number of carbonyl (C=O) groups is 2. The van der Waals surface area contributed by atoms with Gasteiger partial charge >= 0.3 is 6.03 Å². The van der Waals surface area contributed by atoms with E-state index >= 15 is 0 Å². The molecule has 0 fully saturated rings. The van der Waals surface area contributed by atoms with Crippen LogP contribution in [-0.4, -0.2) is 17.6 Å². The van der Waals surface area contributed by atoms with Crippen molar-refractivity contribution in [2.45, 2.75) is 33.1 Å². The normalized spacial score (nSPS) is 14.8. The molecule has 1 aliphatic rings. The molecule has 1 aromatic heterocycles. The second-order valence-corrected chi connectivity index (χ2v) is 7.03. The molecule has 1 aromatic carbocycles. The highest BCUT2D eigenvalue weighted by atomic mass is 79.9. The summed E-state index contributed by atoms with van der Waals surface area (Å²) in [5.74, 6) is 0.617. The molecule has 2 aromatic rings. The standard InChI is InChI=1S/C18H19BrN4O3/c1-9-6-7-12(11(19)8-9)21-17(24)16-10(2)15-13(22-23-18(20)25)4-3-5-14(15)26-16/h6-8H,3-5H2,1-2H3,(H,21,24)(H3,20,23,25)/b22-13+. The first-order valence-electron chi connectivity index (χ1n) is 8.19. The summed E-state index contributed by atoms with van der Waals surface area (Å²) in [4.78, 5) is 23.6. The van der Waals surface area contributed by atoms with E-state index in [1.807, 2.05) is 32.0 Å². The van der Waals surface area contributed by atoms with E-state index in [1.165, 1.54) is 0 Å². The van der Waals surface area contributed by atoms with Crippen molar-refractivity contribution in [3.8, 4) is 0 Å². The molecule has 0 bridgehead atoms. The van der Waals surface area contributed by atoms with Gasteiger partial charge in [0.25, 0.3) is 5.91 Å². The summed E-state index contributed by atoms with van der Waals surface area (Å²) < 4.78 is 6.62. The lowest BCUT2D eigenvalue weighted by atomic mass is 9.93. The van der Waals surface area contributed by atoms with Crippen molar-refractivity contribution in [2.75, 3.05) is 5.32 Å². The average Bonchev–Trinajstić information content (AvgIpc) is 2.93. The number of hydrazone groups is 1. The number of nitrogens with one attached hydrogen (secondary N) is 2. The molecule has 0 atom stereocenters. The molecule has 1 heterocycles. The van der Waals surface area contributed by atoms with Crippen LogP contribution in [0.15, 0.2) is 32.2 Å². The lowest BCUT2D eigenvalue weighted by Crippen LogP contribution is -2.27. The summed E-state index contributed by atoms with van der Waals surface area (Å²) in [6, 6.07) is 4.95. The molecule has 7 nitrogen and oxygen atoms in total. The Bertz CT molecular complexity index is 917. The first-order chi connectivity index (χ1) is 12.4. The molecule has 136 valence electrons. The first kappa shape index (κ1) is 18.2. The lowest BCUT2D eigenvalue weighted by Gasteiger charge is -2.13. The summed E-state index contributed by atoms with van der Waals surface area (Å²) in [6.07, 6.45) is 2.22. The Morgan fingerprint density at radius 3 is 2.73 bits per heavy atom. The highest BCUT2D eigenvalue weighted by Gasteiger charge is 2.28. The molecule has 0 saturated heterocycles. The number of primary amides is 1. The van der Waals surface area contributed by atoms with Crippen molar-refractivity contribution < 1.29 is 14.0 Å². The van der Waals surface area contributed by atoms with Crippen molar-refractivity contribution in [3.63, 3.8) is 0 Å². The zero-order valence-electron chi connectivity index (χ0n) is 14.5. The summed E-state index contributed by atoms with van der Waals surface area (Å²) in [5, 5.41) is 6.92. The molecule has 8 heteroatoms. The van der Waals surface area contributed by atoms with Crippen LogP contribution in [0.4, 0.5) is 10.5 Å². The number of furan rings is 1. The molecule has 3 amide bonds. The molecule has 26 heavy (non-hydrogen) atoms. The van der Waals surface area contributed by atoms with Crippen LogP contribution in [0, 0.1) is 13.8 Å². The molecular weight excluding hydrogens is 400 g/mol. The van der Waals surface area contributed by atoms with E-state index in [9.17, 15) is 9.59 Å². The molecule has 0 radical (unpaired) electrons. The number of carbonyl (C=O) groups excluding carboxylic acids is 2. The number of hydrogen-bond donors (Lipinski definition) is 3. The second kappa shape index (κ2) is 7.33. The zero-order valence-corrected chi connectivity index (χ0v) is 16.1. The lowest BCUT2D eigenvalue weighted by molar-refractivity contribution is 0.0994. The third-order valence-electron chi connectivity index (χ3n) is 4.21. The summed E-state index contributed by atoms with van der Waals surface area (Å²) in [6.45, 7) is 3.79. The Morgan fingerprint density at radius 1 is 1.27 bits per heavy atom.